The van der Waals surface area contributed by atoms with Crippen molar-refractivity contribution in [3.8, 4) is 0 Å². The molecule has 5 heteroatoms. The number of hydrogen-bond acceptors (Lipinski definition) is 2. The van der Waals surface area contributed by atoms with Crippen molar-refractivity contribution in [3.63, 3.8) is 0 Å². The van der Waals surface area contributed by atoms with Crippen molar-refractivity contribution in [2.75, 3.05) is 18.4 Å². The van der Waals surface area contributed by atoms with Crippen LogP contribution in [0, 0.1) is 5.92 Å². The average Bonchev–Trinajstić information content (AvgIpc) is 3.00. The zero-order valence-corrected chi connectivity index (χ0v) is 13.3. The van der Waals surface area contributed by atoms with E-state index in [0.29, 0.717) is 12.3 Å². The molecule has 22 heavy (non-hydrogen) atoms. The number of para-hydroxylation sites is 1. The molecule has 1 aromatic carbocycles. The Kier molecular flexibility index (Phi) is 5.81. The summed E-state index contributed by atoms with van der Waals surface area (Å²) in [5.41, 5.74) is 0.719. The summed E-state index contributed by atoms with van der Waals surface area (Å²) in [6, 6.07) is 8.46. The third kappa shape index (κ3) is 4.76. The van der Waals surface area contributed by atoms with E-state index in [9.17, 15) is 9.59 Å². The van der Waals surface area contributed by atoms with Gasteiger partial charge in [-0.1, -0.05) is 32.0 Å². The molecule has 0 unspecified atom stereocenters. The second-order valence-electron chi connectivity index (χ2n) is 6.18. The Balaban J connectivity index is 1.96. The third-order valence-corrected chi connectivity index (χ3v) is 3.76. The van der Waals surface area contributed by atoms with E-state index in [1.165, 1.54) is 0 Å². The van der Waals surface area contributed by atoms with Gasteiger partial charge < -0.3 is 15.5 Å². The lowest BCUT2D eigenvalue weighted by atomic mass is 10.0. The van der Waals surface area contributed by atoms with E-state index in [-0.39, 0.29) is 11.9 Å². The average molecular weight is 303 g/mol. The van der Waals surface area contributed by atoms with Gasteiger partial charge in [0, 0.05) is 18.8 Å². The molecule has 1 fully saturated rings. The predicted molar refractivity (Wildman–Crippen MR) is 87.7 cm³/mol. The number of rotatable bonds is 5. The zero-order chi connectivity index (χ0) is 15.9. The molecule has 0 spiro atoms. The Labute approximate surface area is 132 Å². The number of amides is 3. The topological polar surface area (TPSA) is 61.4 Å². The van der Waals surface area contributed by atoms with Crippen LogP contribution in [0.3, 0.4) is 0 Å². The minimum atomic E-state index is -0.457. The lowest BCUT2D eigenvalue weighted by molar-refractivity contribution is -0.132. The SMILES string of the molecule is CC(C)C[C@@H](NC(=O)Nc1ccccc1)C(=O)N1CCCC1. The lowest BCUT2D eigenvalue weighted by Gasteiger charge is -2.25. The highest BCUT2D eigenvalue weighted by Crippen LogP contribution is 2.14. The van der Waals surface area contributed by atoms with Crippen LogP contribution in [0.15, 0.2) is 30.3 Å². The molecule has 1 aromatic rings. The minimum Gasteiger partial charge on any atom is -0.341 e. The summed E-state index contributed by atoms with van der Waals surface area (Å²) in [6.07, 6.45) is 2.75. The van der Waals surface area contributed by atoms with Crippen molar-refractivity contribution in [3.05, 3.63) is 30.3 Å². The first-order valence-corrected chi connectivity index (χ1v) is 7.97. The Morgan fingerprint density at radius 2 is 1.77 bits per heavy atom. The zero-order valence-electron chi connectivity index (χ0n) is 13.3. The maximum Gasteiger partial charge on any atom is 0.319 e. The van der Waals surface area contributed by atoms with Crippen molar-refractivity contribution >= 4 is 17.6 Å². The van der Waals surface area contributed by atoms with E-state index in [0.717, 1.165) is 31.6 Å². The monoisotopic (exact) mass is 303 g/mol. The van der Waals surface area contributed by atoms with Gasteiger partial charge in [-0.25, -0.2) is 4.79 Å². The fourth-order valence-corrected chi connectivity index (χ4v) is 2.70. The van der Waals surface area contributed by atoms with E-state index in [1.54, 1.807) is 0 Å². The molecule has 1 aliphatic rings. The number of hydrogen-bond donors (Lipinski definition) is 2. The normalized spacial score (nSPS) is 15.7. The third-order valence-electron chi connectivity index (χ3n) is 3.76. The van der Waals surface area contributed by atoms with E-state index in [2.05, 4.69) is 24.5 Å². The second-order valence-corrected chi connectivity index (χ2v) is 6.18. The van der Waals surface area contributed by atoms with Gasteiger partial charge in [0.2, 0.25) is 5.91 Å². The molecule has 0 aliphatic carbocycles. The standard InChI is InChI=1S/C17H25N3O2/c1-13(2)12-15(16(21)20-10-6-7-11-20)19-17(22)18-14-8-4-3-5-9-14/h3-5,8-9,13,15H,6-7,10-12H2,1-2H3,(H2,18,19,22)/t15-/m1/s1. The van der Waals surface area contributed by atoms with E-state index in [4.69, 9.17) is 0 Å². The molecule has 5 nitrogen and oxygen atoms in total. The quantitative estimate of drug-likeness (QED) is 0.878. The van der Waals surface area contributed by atoms with Gasteiger partial charge in [-0.3, -0.25) is 4.79 Å². The first kappa shape index (κ1) is 16.3. The van der Waals surface area contributed by atoms with Crippen molar-refractivity contribution in [2.24, 2.45) is 5.92 Å². The molecular formula is C17H25N3O2. The summed E-state index contributed by atoms with van der Waals surface area (Å²) in [7, 11) is 0. The van der Waals surface area contributed by atoms with Gasteiger partial charge in [-0.15, -0.1) is 0 Å². The number of anilines is 1. The highest BCUT2D eigenvalue weighted by Gasteiger charge is 2.28. The number of nitrogens with one attached hydrogen (secondary N) is 2. The minimum absolute atomic E-state index is 0.0365. The molecule has 2 rings (SSSR count). The summed E-state index contributed by atoms with van der Waals surface area (Å²) in [4.78, 5) is 26.5. The van der Waals surface area contributed by atoms with Gasteiger partial charge in [-0.05, 0) is 37.3 Å². The summed E-state index contributed by atoms with van der Waals surface area (Å²) in [6.45, 7) is 5.72. The summed E-state index contributed by atoms with van der Waals surface area (Å²) >= 11 is 0. The summed E-state index contributed by atoms with van der Waals surface area (Å²) in [5, 5.41) is 5.60. The van der Waals surface area contributed by atoms with Crippen LogP contribution in [0.1, 0.15) is 33.1 Å². The molecule has 1 aliphatic heterocycles. The van der Waals surface area contributed by atoms with Crippen LogP contribution in [0.5, 0.6) is 0 Å². The van der Waals surface area contributed by atoms with Crippen LogP contribution in [0.25, 0.3) is 0 Å². The van der Waals surface area contributed by atoms with E-state index < -0.39 is 6.04 Å². The van der Waals surface area contributed by atoms with Crippen LogP contribution in [-0.2, 0) is 4.79 Å². The van der Waals surface area contributed by atoms with Crippen LogP contribution >= 0.6 is 0 Å². The summed E-state index contributed by atoms with van der Waals surface area (Å²) in [5.74, 6) is 0.378. The summed E-state index contributed by atoms with van der Waals surface area (Å²) < 4.78 is 0. The van der Waals surface area contributed by atoms with Gasteiger partial charge in [0.25, 0.3) is 0 Å². The Morgan fingerprint density at radius 3 is 2.36 bits per heavy atom. The number of likely N-dealkylation sites (tertiary alicyclic amines) is 1. The Morgan fingerprint density at radius 1 is 1.14 bits per heavy atom. The number of carbonyl (C=O) groups excluding carboxylic acids is 2. The van der Waals surface area contributed by atoms with E-state index >= 15 is 0 Å². The molecule has 2 N–H and O–H groups in total. The molecule has 0 radical (unpaired) electrons. The van der Waals surface area contributed by atoms with Crippen molar-refractivity contribution in [2.45, 2.75) is 39.2 Å². The van der Waals surface area contributed by atoms with Crippen molar-refractivity contribution in [1.29, 1.82) is 0 Å². The van der Waals surface area contributed by atoms with Crippen molar-refractivity contribution in [1.82, 2.24) is 10.2 Å². The van der Waals surface area contributed by atoms with Gasteiger partial charge in [0.05, 0.1) is 0 Å². The van der Waals surface area contributed by atoms with Crippen molar-refractivity contribution < 1.29 is 9.59 Å². The smallest absolute Gasteiger partial charge is 0.319 e. The highest BCUT2D eigenvalue weighted by molar-refractivity contribution is 5.93. The van der Waals surface area contributed by atoms with Crippen LogP contribution < -0.4 is 10.6 Å². The largest absolute Gasteiger partial charge is 0.341 e. The molecule has 1 heterocycles. The fraction of sp³-hybridized carbons (Fsp3) is 0.529. The van der Waals surface area contributed by atoms with Gasteiger partial charge in [-0.2, -0.15) is 0 Å². The number of urea groups is 1. The molecule has 0 saturated carbocycles. The Bertz CT molecular complexity index is 496. The molecule has 1 saturated heterocycles. The maximum atomic E-state index is 12.6. The van der Waals surface area contributed by atoms with E-state index in [1.807, 2.05) is 35.2 Å². The first-order chi connectivity index (χ1) is 10.6. The molecule has 1 atom stereocenters. The molecule has 0 bridgehead atoms. The number of benzene rings is 1. The van der Waals surface area contributed by atoms with Crippen LogP contribution in [0.2, 0.25) is 0 Å². The maximum absolute atomic E-state index is 12.6. The first-order valence-electron chi connectivity index (χ1n) is 7.97. The number of carbonyl (C=O) groups is 2. The van der Waals surface area contributed by atoms with Crippen LogP contribution in [0.4, 0.5) is 10.5 Å². The van der Waals surface area contributed by atoms with Crippen LogP contribution in [-0.4, -0.2) is 36.0 Å². The molecule has 0 aromatic heterocycles. The molecule has 120 valence electrons. The molecular weight excluding hydrogens is 278 g/mol. The highest BCUT2D eigenvalue weighted by atomic mass is 16.2. The van der Waals surface area contributed by atoms with Gasteiger partial charge in [0.1, 0.15) is 6.04 Å². The second kappa shape index (κ2) is 7.82. The predicted octanol–water partition coefficient (Wildman–Crippen LogP) is 2.85. The molecule has 3 amide bonds. The van der Waals surface area contributed by atoms with Gasteiger partial charge >= 0.3 is 6.03 Å². The Hall–Kier alpha value is -2.04. The lowest BCUT2D eigenvalue weighted by Crippen LogP contribution is -2.49. The number of nitrogens with zero attached hydrogens (tertiary/aromatic N) is 1. The fourth-order valence-electron chi connectivity index (χ4n) is 2.70. The van der Waals surface area contributed by atoms with Gasteiger partial charge in [0.15, 0.2) is 0 Å².